The largest absolute Gasteiger partial charge is 0.378 e. The highest BCUT2D eigenvalue weighted by molar-refractivity contribution is 5.76. The van der Waals surface area contributed by atoms with Crippen molar-refractivity contribution in [3.8, 4) is 0 Å². The SMILES string of the molecule is CC(C)NC(=O)CCOC1CCC(N)C1. The maximum absolute atomic E-state index is 11.3. The van der Waals surface area contributed by atoms with Gasteiger partial charge < -0.3 is 15.8 Å². The second-order valence-electron chi connectivity index (χ2n) is 4.54. The summed E-state index contributed by atoms with van der Waals surface area (Å²) in [4.78, 5) is 11.3. The first-order valence-corrected chi connectivity index (χ1v) is 5.74. The van der Waals surface area contributed by atoms with Gasteiger partial charge in [-0.25, -0.2) is 0 Å². The quantitative estimate of drug-likeness (QED) is 0.711. The van der Waals surface area contributed by atoms with Gasteiger partial charge in [0.15, 0.2) is 0 Å². The van der Waals surface area contributed by atoms with Crippen LogP contribution in [0.15, 0.2) is 0 Å². The summed E-state index contributed by atoms with van der Waals surface area (Å²) in [6, 6.07) is 0.497. The fourth-order valence-electron chi connectivity index (χ4n) is 1.84. The molecule has 0 saturated heterocycles. The molecule has 4 heteroatoms. The number of carbonyl (C=O) groups excluding carboxylic acids is 1. The second-order valence-corrected chi connectivity index (χ2v) is 4.54. The van der Waals surface area contributed by atoms with Crippen LogP contribution in [-0.2, 0) is 9.53 Å². The van der Waals surface area contributed by atoms with Crippen molar-refractivity contribution in [3.63, 3.8) is 0 Å². The van der Waals surface area contributed by atoms with Gasteiger partial charge in [0, 0.05) is 18.5 Å². The molecule has 88 valence electrons. The van der Waals surface area contributed by atoms with E-state index < -0.39 is 0 Å². The summed E-state index contributed by atoms with van der Waals surface area (Å²) in [6.07, 6.45) is 3.73. The van der Waals surface area contributed by atoms with Crippen LogP contribution in [-0.4, -0.2) is 30.7 Å². The van der Waals surface area contributed by atoms with Crippen molar-refractivity contribution in [2.45, 2.75) is 57.7 Å². The Balaban J connectivity index is 2.03. The lowest BCUT2D eigenvalue weighted by molar-refractivity contribution is -0.123. The van der Waals surface area contributed by atoms with Gasteiger partial charge in [-0.2, -0.15) is 0 Å². The van der Waals surface area contributed by atoms with Gasteiger partial charge in [0.05, 0.1) is 12.7 Å². The Labute approximate surface area is 91.5 Å². The summed E-state index contributed by atoms with van der Waals surface area (Å²) in [7, 11) is 0. The molecule has 0 aromatic rings. The van der Waals surface area contributed by atoms with Crippen molar-refractivity contribution in [2.75, 3.05) is 6.61 Å². The van der Waals surface area contributed by atoms with Crippen LogP contribution in [0, 0.1) is 0 Å². The number of amides is 1. The molecule has 2 atom stereocenters. The first-order chi connectivity index (χ1) is 7.08. The van der Waals surface area contributed by atoms with Gasteiger partial charge in [0.25, 0.3) is 0 Å². The molecule has 0 heterocycles. The van der Waals surface area contributed by atoms with E-state index in [1.807, 2.05) is 13.8 Å². The van der Waals surface area contributed by atoms with E-state index in [-0.39, 0.29) is 18.1 Å². The zero-order chi connectivity index (χ0) is 11.3. The lowest BCUT2D eigenvalue weighted by Gasteiger charge is -2.12. The molecule has 4 nitrogen and oxygen atoms in total. The molecule has 0 bridgehead atoms. The number of rotatable bonds is 5. The van der Waals surface area contributed by atoms with Crippen molar-refractivity contribution in [1.82, 2.24) is 5.32 Å². The average molecular weight is 214 g/mol. The molecule has 2 unspecified atom stereocenters. The van der Waals surface area contributed by atoms with Crippen molar-refractivity contribution in [1.29, 1.82) is 0 Å². The van der Waals surface area contributed by atoms with E-state index >= 15 is 0 Å². The fraction of sp³-hybridized carbons (Fsp3) is 0.909. The van der Waals surface area contributed by atoms with E-state index in [9.17, 15) is 4.79 Å². The van der Waals surface area contributed by atoms with Gasteiger partial charge in [-0.1, -0.05) is 0 Å². The van der Waals surface area contributed by atoms with Crippen molar-refractivity contribution < 1.29 is 9.53 Å². The van der Waals surface area contributed by atoms with Crippen LogP contribution in [0.5, 0.6) is 0 Å². The predicted octanol–water partition coefficient (Wildman–Crippen LogP) is 0.797. The van der Waals surface area contributed by atoms with Crippen LogP contribution < -0.4 is 11.1 Å². The van der Waals surface area contributed by atoms with E-state index in [1.54, 1.807) is 0 Å². The van der Waals surface area contributed by atoms with Gasteiger partial charge in [-0.15, -0.1) is 0 Å². The number of ether oxygens (including phenoxy) is 1. The Morgan fingerprint density at radius 1 is 1.53 bits per heavy atom. The molecule has 3 N–H and O–H groups in total. The van der Waals surface area contributed by atoms with Crippen LogP contribution in [0.1, 0.15) is 39.5 Å². The maximum Gasteiger partial charge on any atom is 0.222 e. The Morgan fingerprint density at radius 3 is 2.80 bits per heavy atom. The van der Waals surface area contributed by atoms with E-state index in [4.69, 9.17) is 10.5 Å². The molecule has 0 aromatic carbocycles. The molecule has 15 heavy (non-hydrogen) atoms. The fourth-order valence-corrected chi connectivity index (χ4v) is 1.84. The van der Waals surface area contributed by atoms with Crippen LogP contribution in [0.4, 0.5) is 0 Å². The van der Waals surface area contributed by atoms with E-state index in [1.165, 1.54) is 0 Å². The first kappa shape index (κ1) is 12.5. The van der Waals surface area contributed by atoms with Crippen molar-refractivity contribution in [2.24, 2.45) is 5.73 Å². The minimum atomic E-state index is 0.0623. The molecular weight excluding hydrogens is 192 g/mol. The third-order valence-electron chi connectivity index (χ3n) is 2.56. The van der Waals surface area contributed by atoms with E-state index in [0.29, 0.717) is 19.1 Å². The van der Waals surface area contributed by atoms with E-state index in [0.717, 1.165) is 19.3 Å². The summed E-state index contributed by atoms with van der Waals surface area (Å²) < 4.78 is 5.58. The highest BCUT2D eigenvalue weighted by Gasteiger charge is 2.22. The van der Waals surface area contributed by atoms with Crippen molar-refractivity contribution in [3.05, 3.63) is 0 Å². The highest BCUT2D eigenvalue weighted by atomic mass is 16.5. The standard InChI is InChI=1S/C11H22N2O2/c1-8(2)13-11(14)5-6-15-10-4-3-9(12)7-10/h8-10H,3-7,12H2,1-2H3,(H,13,14). The smallest absolute Gasteiger partial charge is 0.222 e. The minimum Gasteiger partial charge on any atom is -0.378 e. The highest BCUT2D eigenvalue weighted by Crippen LogP contribution is 2.20. The molecule has 1 aliphatic carbocycles. The molecule has 1 rings (SSSR count). The third kappa shape index (κ3) is 5.14. The average Bonchev–Trinajstić information content (AvgIpc) is 2.50. The zero-order valence-corrected chi connectivity index (χ0v) is 9.66. The summed E-state index contributed by atoms with van der Waals surface area (Å²) >= 11 is 0. The normalized spacial score (nSPS) is 25.9. The van der Waals surface area contributed by atoms with Crippen molar-refractivity contribution >= 4 is 5.91 Å². The summed E-state index contributed by atoms with van der Waals surface area (Å²) in [5, 5.41) is 2.83. The van der Waals surface area contributed by atoms with Crippen LogP contribution in [0.2, 0.25) is 0 Å². The molecule has 0 aromatic heterocycles. The number of nitrogens with two attached hydrogens (primary N) is 1. The van der Waals surface area contributed by atoms with Gasteiger partial charge in [0.2, 0.25) is 5.91 Å². The maximum atomic E-state index is 11.3. The molecule has 1 saturated carbocycles. The molecule has 0 aliphatic heterocycles. The third-order valence-corrected chi connectivity index (χ3v) is 2.56. The Hall–Kier alpha value is -0.610. The topological polar surface area (TPSA) is 64.3 Å². The number of hydrogen-bond donors (Lipinski definition) is 2. The Kier molecular flexibility index (Phi) is 5.05. The van der Waals surface area contributed by atoms with Gasteiger partial charge in [-0.3, -0.25) is 4.79 Å². The molecule has 0 radical (unpaired) electrons. The lowest BCUT2D eigenvalue weighted by Crippen LogP contribution is -2.31. The minimum absolute atomic E-state index is 0.0623. The number of hydrogen-bond acceptors (Lipinski definition) is 3. The summed E-state index contributed by atoms with van der Waals surface area (Å²) in [5.41, 5.74) is 5.76. The van der Waals surface area contributed by atoms with Gasteiger partial charge in [0.1, 0.15) is 0 Å². The number of nitrogens with one attached hydrogen (secondary N) is 1. The second kappa shape index (κ2) is 6.08. The number of carbonyl (C=O) groups is 1. The zero-order valence-electron chi connectivity index (χ0n) is 9.66. The Morgan fingerprint density at radius 2 is 2.27 bits per heavy atom. The molecule has 0 spiro atoms. The molecule has 1 amide bonds. The molecular formula is C11H22N2O2. The van der Waals surface area contributed by atoms with Crippen LogP contribution >= 0.6 is 0 Å². The molecule has 1 aliphatic rings. The summed E-state index contributed by atoms with van der Waals surface area (Å²) in [6.45, 7) is 4.42. The first-order valence-electron chi connectivity index (χ1n) is 5.74. The summed E-state index contributed by atoms with van der Waals surface area (Å²) in [5.74, 6) is 0.0623. The predicted molar refractivity (Wildman–Crippen MR) is 59.5 cm³/mol. The monoisotopic (exact) mass is 214 g/mol. The van der Waals surface area contributed by atoms with E-state index in [2.05, 4.69) is 5.32 Å². The van der Waals surface area contributed by atoms with Crippen LogP contribution in [0.25, 0.3) is 0 Å². The van der Waals surface area contributed by atoms with Crippen LogP contribution in [0.3, 0.4) is 0 Å². The Bertz CT molecular complexity index is 207. The lowest BCUT2D eigenvalue weighted by atomic mass is 10.3. The van der Waals surface area contributed by atoms with Gasteiger partial charge >= 0.3 is 0 Å². The van der Waals surface area contributed by atoms with Gasteiger partial charge in [-0.05, 0) is 33.1 Å². The molecule has 1 fully saturated rings.